The van der Waals surface area contributed by atoms with E-state index in [1.165, 1.54) is 25.2 Å². The highest BCUT2D eigenvalue weighted by Gasteiger charge is 2.23. The molecular formula is C14H10Cl2N2O2S. The molecule has 0 aromatic heterocycles. The zero-order chi connectivity index (χ0) is 15.6. The molecule has 0 N–H and O–H groups in total. The fraction of sp³-hybridized carbons (Fsp3) is 0.0714. The van der Waals surface area contributed by atoms with E-state index in [9.17, 15) is 8.42 Å². The topological polar surface area (TPSA) is 61.2 Å². The molecule has 0 radical (unpaired) electrons. The Bertz CT molecular complexity index is 829. The standard InChI is InChI=1S/C14H10Cl2N2O2S/c1-18(14-5-3-2-4-10(14)9-17)21(19,20)11-6-7-12(15)13(16)8-11/h2-8H,1H3. The maximum atomic E-state index is 12.6. The molecule has 0 unspecified atom stereocenters. The van der Waals surface area contributed by atoms with E-state index in [1.54, 1.807) is 24.3 Å². The highest BCUT2D eigenvalue weighted by molar-refractivity contribution is 7.92. The summed E-state index contributed by atoms with van der Waals surface area (Å²) in [5.74, 6) is 0. The molecule has 2 rings (SSSR count). The van der Waals surface area contributed by atoms with Crippen LogP contribution in [-0.4, -0.2) is 15.5 Å². The second-order valence-electron chi connectivity index (χ2n) is 4.18. The number of rotatable bonds is 3. The fourth-order valence-corrected chi connectivity index (χ4v) is 3.37. The average Bonchev–Trinajstić information content (AvgIpc) is 2.49. The minimum absolute atomic E-state index is 0.00661. The van der Waals surface area contributed by atoms with Crippen LogP contribution in [0.25, 0.3) is 0 Å². The Morgan fingerprint density at radius 2 is 1.76 bits per heavy atom. The number of hydrogen-bond acceptors (Lipinski definition) is 3. The molecule has 0 bridgehead atoms. The minimum atomic E-state index is -3.82. The van der Waals surface area contributed by atoms with Gasteiger partial charge in [0, 0.05) is 7.05 Å². The van der Waals surface area contributed by atoms with Gasteiger partial charge in [-0.2, -0.15) is 5.26 Å². The number of hydrogen-bond donors (Lipinski definition) is 0. The van der Waals surface area contributed by atoms with E-state index in [0.717, 1.165) is 4.31 Å². The molecule has 21 heavy (non-hydrogen) atoms. The number of nitrogens with zero attached hydrogens (tertiary/aromatic N) is 2. The van der Waals surface area contributed by atoms with E-state index in [4.69, 9.17) is 28.5 Å². The van der Waals surface area contributed by atoms with E-state index in [1.807, 2.05) is 6.07 Å². The summed E-state index contributed by atoms with van der Waals surface area (Å²) in [6.07, 6.45) is 0. The lowest BCUT2D eigenvalue weighted by atomic mass is 10.2. The van der Waals surface area contributed by atoms with E-state index in [2.05, 4.69) is 0 Å². The first kappa shape index (κ1) is 15.6. The molecule has 0 amide bonds. The number of nitriles is 1. The van der Waals surface area contributed by atoms with E-state index in [0.29, 0.717) is 5.69 Å². The van der Waals surface area contributed by atoms with Crippen LogP contribution in [0.4, 0.5) is 5.69 Å². The normalized spacial score (nSPS) is 11.0. The lowest BCUT2D eigenvalue weighted by molar-refractivity contribution is 0.594. The summed E-state index contributed by atoms with van der Waals surface area (Å²) in [6.45, 7) is 0. The Kier molecular flexibility index (Phi) is 4.43. The van der Waals surface area contributed by atoms with Gasteiger partial charge in [-0.05, 0) is 30.3 Å². The molecule has 0 saturated heterocycles. The maximum absolute atomic E-state index is 12.6. The van der Waals surface area contributed by atoms with Crippen molar-refractivity contribution in [2.75, 3.05) is 11.4 Å². The molecule has 7 heteroatoms. The highest BCUT2D eigenvalue weighted by atomic mass is 35.5. The molecule has 0 aliphatic heterocycles. The lowest BCUT2D eigenvalue weighted by Gasteiger charge is -2.20. The molecule has 4 nitrogen and oxygen atoms in total. The maximum Gasteiger partial charge on any atom is 0.264 e. The van der Waals surface area contributed by atoms with Gasteiger partial charge in [-0.3, -0.25) is 4.31 Å². The van der Waals surface area contributed by atoms with Crippen molar-refractivity contribution in [2.45, 2.75) is 4.90 Å². The molecule has 0 fully saturated rings. The molecule has 108 valence electrons. The van der Waals surface area contributed by atoms with Crippen molar-refractivity contribution in [1.29, 1.82) is 5.26 Å². The third-order valence-electron chi connectivity index (χ3n) is 2.91. The third kappa shape index (κ3) is 2.98. The van der Waals surface area contributed by atoms with Crippen molar-refractivity contribution >= 4 is 38.9 Å². The molecule has 2 aromatic carbocycles. The van der Waals surface area contributed by atoms with Gasteiger partial charge < -0.3 is 0 Å². The summed E-state index contributed by atoms with van der Waals surface area (Å²) in [7, 11) is -2.44. The van der Waals surface area contributed by atoms with Crippen LogP contribution >= 0.6 is 23.2 Å². The fourth-order valence-electron chi connectivity index (χ4n) is 1.77. The van der Waals surface area contributed by atoms with Gasteiger partial charge in [0.15, 0.2) is 0 Å². The van der Waals surface area contributed by atoms with Crippen molar-refractivity contribution < 1.29 is 8.42 Å². The van der Waals surface area contributed by atoms with Gasteiger partial charge in [0.05, 0.1) is 26.2 Å². The Morgan fingerprint density at radius 3 is 2.38 bits per heavy atom. The van der Waals surface area contributed by atoms with E-state index in [-0.39, 0.29) is 20.5 Å². The van der Waals surface area contributed by atoms with Crippen LogP contribution in [0.3, 0.4) is 0 Å². The van der Waals surface area contributed by atoms with E-state index >= 15 is 0 Å². The summed E-state index contributed by atoms with van der Waals surface area (Å²) in [6, 6.07) is 12.5. The number of sulfonamides is 1. The predicted octanol–water partition coefficient (Wildman–Crippen LogP) is 3.69. The van der Waals surface area contributed by atoms with Crippen molar-refractivity contribution in [3.63, 3.8) is 0 Å². The van der Waals surface area contributed by atoms with Gasteiger partial charge in [-0.1, -0.05) is 35.3 Å². The largest absolute Gasteiger partial charge is 0.268 e. The van der Waals surface area contributed by atoms with Gasteiger partial charge in [0.1, 0.15) is 6.07 Å². The minimum Gasteiger partial charge on any atom is -0.268 e. The first-order valence-electron chi connectivity index (χ1n) is 5.81. The zero-order valence-corrected chi connectivity index (χ0v) is 13.2. The van der Waals surface area contributed by atoms with Gasteiger partial charge >= 0.3 is 0 Å². The Balaban J connectivity index is 2.53. The van der Waals surface area contributed by atoms with Gasteiger partial charge in [0.2, 0.25) is 0 Å². The molecule has 0 atom stereocenters. The van der Waals surface area contributed by atoms with Crippen LogP contribution < -0.4 is 4.31 Å². The smallest absolute Gasteiger partial charge is 0.264 e. The van der Waals surface area contributed by atoms with Crippen LogP contribution in [0.5, 0.6) is 0 Å². The summed E-state index contributed by atoms with van der Waals surface area (Å²) >= 11 is 11.7. The van der Waals surface area contributed by atoms with Gasteiger partial charge in [-0.15, -0.1) is 0 Å². The van der Waals surface area contributed by atoms with E-state index < -0.39 is 10.0 Å². The zero-order valence-electron chi connectivity index (χ0n) is 10.9. The van der Waals surface area contributed by atoms with Crippen molar-refractivity contribution in [1.82, 2.24) is 0 Å². The Hall–Kier alpha value is -1.74. The van der Waals surface area contributed by atoms with Crippen LogP contribution in [0.1, 0.15) is 5.56 Å². The van der Waals surface area contributed by atoms with Crippen LogP contribution in [0.15, 0.2) is 47.4 Å². The summed E-state index contributed by atoms with van der Waals surface area (Å²) in [5.41, 5.74) is 0.565. The number of para-hydroxylation sites is 1. The quantitative estimate of drug-likeness (QED) is 0.855. The second-order valence-corrected chi connectivity index (χ2v) is 6.96. The monoisotopic (exact) mass is 340 g/mol. The van der Waals surface area contributed by atoms with Crippen LogP contribution in [0, 0.1) is 11.3 Å². The molecular weight excluding hydrogens is 331 g/mol. The first-order chi connectivity index (χ1) is 9.87. The molecule has 0 spiro atoms. The lowest BCUT2D eigenvalue weighted by Crippen LogP contribution is -2.27. The first-order valence-corrected chi connectivity index (χ1v) is 8.00. The molecule has 0 aliphatic carbocycles. The second kappa shape index (κ2) is 5.94. The highest BCUT2D eigenvalue weighted by Crippen LogP contribution is 2.29. The summed E-state index contributed by atoms with van der Waals surface area (Å²) in [5, 5.41) is 9.50. The number of anilines is 1. The van der Waals surface area contributed by atoms with Gasteiger partial charge in [0.25, 0.3) is 10.0 Å². The van der Waals surface area contributed by atoms with Crippen molar-refractivity contribution in [3.05, 3.63) is 58.1 Å². The van der Waals surface area contributed by atoms with Crippen molar-refractivity contribution in [2.24, 2.45) is 0 Å². The van der Waals surface area contributed by atoms with Gasteiger partial charge in [-0.25, -0.2) is 8.42 Å². The van der Waals surface area contributed by atoms with Crippen LogP contribution in [-0.2, 0) is 10.0 Å². The molecule has 2 aromatic rings. The third-order valence-corrected chi connectivity index (χ3v) is 5.42. The molecule has 0 saturated carbocycles. The average molecular weight is 341 g/mol. The summed E-state index contributed by atoms with van der Waals surface area (Å²) in [4.78, 5) is 0.00661. The molecule has 0 aliphatic rings. The number of halogens is 2. The number of benzene rings is 2. The summed E-state index contributed by atoms with van der Waals surface area (Å²) < 4.78 is 26.2. The van der Waals surface area contributed by atoms with Crippen molar-refractivity contribution in [3.8, 4) is 6.07 Å². The molecule has 0 heterocycles. The SMILES string of the molecule is CN(c1ccccc1C#N)S(=O)(=O)c1ccc(Cl)c(Cl)c1. The Labute approximate surface area is 133 Å². The predicted molar refractivity (Wildman–Crippen MR) is 83.2 cm³/mol. The Morgan fingerprint density at radius 1 is 1.10 bits per heavy atom. The van der Waals surface area contributed by atoms with Crippen LogP contribution in [0.2, 0.25) is 10.0 Å².